The van der Waals surface area contributed by atoms with E-state index in [-0.39, 0.29) is 16.7 Å². The number of likely N-dealkylation sites (tertiary alicyclic amines) is 1. The number of rotatable bonds is 5. The molecule has 1 saturated heterocycles. The number of hydrogen-bond donors (Lipinski definition) is 0. The van der Waals surface area contributed by atoms with Crippen molar-refractivity contribution in [2.75, 3.05) is 6.54 Å². The molecule has 2 atom stereocenters. The van der Waals surface area contributed by atoms with Crippen LogP contribution in [0.2, 0.25) is 0 Å². The summed E-state index contributed by atoms with van der Waals surface area (Å²) in [5.41, 5.74) is 2.04. The fourth-order valence-corrected chi connectivity index (χ4v) is 4.10. The molecule has 0 bridgehead atoms. The Kier molecular flexibility index (Phi) is 5.37. The standard InChI is InChI=1S/C21H24ClNO/c1-17(24)21(14-18-8-4-2-5-9-18)12-13-23(20(22)15-21)16-19-10-6-3-7-11-19/h2-11,20H,12-16H2,1H3. The molecule has 24 heavy (non-hydrogen) atoms. The summed E-state index contributed by atoms with van der Waals surface area (Å²) < 4.78 is 0. The molecule has 1 aliphatic heterocycles. The van der Waals surface area contributed by atoms with Crippen molar-refractivity contribution in [2.24, 2.45) is 5.41 Å². The third-order valence-electron chi connectivity index (χ3n) is 5.19. The number of hydrogen-bond acceptors (Lipinski definition) is 2. The van der Waals surface area contributed by atoms with Gasteiger partial charge in [-0.2, -0.15) is 0 Å². The molecule has 2 nitrogen and oxygen atoms in total. The average molecular weight is 342 g/mol. The van der Waals surface area contributed by atoms with Crippen molar-refractivity contribution in [2.45, 2.75) is 38.2 Å². The fraction of sp³-hybridized carbons (Fsp3) is 0.381. The highest BCUT2D eigenvalue weighted by Crippen LogP contribution is 2.40. The lowest BCUT2D eigenvalue weighted by Crippen LogP contribution is -2.48. The number of alkyl halides is 1. The van der Waals surface area contributed by atoms with Gasteiger partial charge in [0, 0.05) is 18.5 Å². The Bertz CT molecular complexity index is 673. The maximum absolute atomic E-state index is 12.5. The first kappa shape index (κ1) is 17.2. The van der Waals surface area contributed by atoms with Crippen molar-refractivity contribution in [1.82, 2.24) is 4.90 Å². The maximum Gasteiger partial charge on any atom is 0.136 e. The van der Waals surface area contributed by atoms with Gasteiger partial charge in [0.15, 0.2) is 0 Å². The van der Waals surface area contributed by atoms with Gasteiger partial charge in [-0.15, -0.1) is 11.6 Å². The van der Waals surface area contributed by atoms with Gasteiger partial charge in [-0.25, -0.2) is 0 Å². The molecule has 0 N–H and O–H groups in total. The Hall–Kier alpha value is -1.64. The van der Waals surface area contributed by atoms with Gasteiger partial charge in [-0.1, -0.05) is 60.7 Å². The molecule has 3 heteroatoms. The zero-order chi connectivity index (χ0) is 17.0. The van der Waals surface area contributed by atoms with Crippen molar-refractivity contribution in [3.8, 4) is 0 Å². The van der Waals surface area contributed by atoms with E-state index in [2.05, 4.69) is 41.3 Å². The molecular formula is C21H24ClNO. The Morgan fingerprint density at radius 2 is 1.67 bits per heavy atom. The zero-order valence-corrected chi connectivity index (χ0v) is 14.9. The van der Waals surface area contributed by atoms with E-state index in [0.29, 0.717) is 6.42 Å². The topological polar surface area (TPSA) is 20.3 Å². The van der Waals surface area contributed by atoms with E-state index in [1.54, 1.807) is 6.92 Å². The van der Waals surface area contributed by atoms with Gasteiger partial charge >= 0.3 is 0 Å². The van der Waals surface area contributed by atoms with Gasteiger partial charge in [0.25, 0.3) is 0 Å². The van der Waals surface area contributed by atoms with Gasteiger partial charge in [-0.3, -0.25) is 9.69 Å². The predicted molar refractivity (Wildman–Crippen MR) is 99.0 cm³/mol. The summed E-state index contributed by atoms with van der Waals surface area (Å²) in [5, 5.41) is 0. The first-order valence-corrected chi connectivity index (χ1v) is 9.00. The van der Waals surface area contributed by atoms with Crippen LogP contribution in [0.15, 0.2) is 60.7 Å². The molecule has 2 aromatic carbocycles. The molecule has 0 spiro atoms. The Balaban J connectivity index is 1.72. The fourth-order valence-electron chi connectivity index (χ4n) is 3.64. The number of nitrogens with zero attached hydrogens (tertiary/aromatic N) is 1. The third-order valence-corrected chi connectivity index (χ3v) is 5.62. The van der Waals surface area contributed by atoms with Crippen LogP contribution >= 0.6 is 11.6 Å². The third kappa shape index (κ3) is 3.88. The molecule has 0 aliphatic carbocycles. The summed E-state index contributed by atoms with van der Waals surface area (Å²) in [6.07, 6.45) is 2.37. The predicted octanol–water partition coefficient (Wildman–Crippen LogP) is 4.67. The van der Waals surface area contributed by atoms with Crippen LogP contribution in [-0.4, -0.2) is 22.7 Å². The lowest BCUT2D eigenvalue weighted by atomic mass is 9.71. The molecule has 3 rings (SSSR count). The van der Waals surface area contributed by atoms with Crippen LogP contribution in [0.4, 0.5) is 0 Å². The van der Waals surface area contributed by atoms with Crippen molar-refractivity contribution in [1.29, 1.82) is 0 Å². The Morgan fingerprint density at radius 1 is 1.08 bits per heavy atom. The van der Waals surface area contributed by atoms with Crippen molar-refractivity contribution in [3.63, 3.8) is 0 Å². The minimum Gasteiger partial charge on any atom is -0.299 e. The molecule has 2 aromatic rings. The largest absolute Gasteiger partial charge is 0.299 e. The highest BCUT2D eigenvalue weighted by molar-refractivity contribution is 6.20. The minimum absolute atomic E-state index is 0.105. The number of ketones is 1. The van der Waals surface area contributed by atoms with Crippen LogP contribution in [0.1, 0.15) is 30.9 Å². The molecule has 1 aliphatic rings. The first-order valence-electron chi connectivity index (χ1n) is 8.56. The zero-order valence-electron chi connectivity index (χ0n) is 14.1. The van der Waals surface area contributed by atoms with Crippen LogP contribution in [-0.2, 0) is 17.8 Å². The van der Waals surface area contributed by atoms with Crippen molar-refractivity contribution < 1.29 is 4.79 Å². The lowest BCUT2D eigenvalue weighted by Gasteiger charge is -2.43. The van der Waals surface area contributed by atoms with Crippen LogP contribution in [0.25, 0.3) is 0 Å². The molecule has 0 radical (unpaired) electrons. The summed E-state index contributed by atoms with van der Waals surface area (Å²) in [5.74, 6) is 0.261. The minimum atomic E-state index is -0.332. The summed E-state index contributed by atoms with van der Waals surface area (Å²) in [4.78, 5) is 14.7. The molecule has 1 heterocycles. The van der Waals surface area contributed by atoms with E-state index in [1.807, 2.05) is 24.3 Å². The number of carbonyl (C=O) groups is 1. The molecule has 0 aromatic heterocycles. The van der Waals surface area contributed by atoms with Crippen LogP contribution < -0.4 is 0 Å². The van der Waals surface area contributed by atoms with Crippen LogP contribution in [0.3, 0.4) is 0 Å². The first-order chi connectivity index (χ1) is 11.6. The second-order valence-electron chi connectivity index (χ2n) is 6.84. The van der Waals surface area contributed by atoms with E-state index in [0.717, 1.165) is 25.9 Å². The van der Waals surface area contributed by atoms with Crippen LogP contribution in [0.5, 0.6) is 0 Å². The maximum atomic E-state index is 12.5. The lowest BCUT2D eigenvalue weighted by molar-refractivity contribution is -0.129. The van der Waals surface area contributed by atoms with E-state index in [4.69, 9.17) is 11.6 Å². The van der Waals surface area contributed by atoms with Gasteiger partial charge in [0.1, 0.15) is 5.78 Å². The number of halogens is 1. The number of piperidine rings is 1. The summed E-state index contributed by atoms with van der Waals surface area (Å²) in [7, 11) is 0. The highest BCUT2D eigenvalue weighted by Gasteiger charge is 2.42. The molecule has 2 unspecified atom stereocenters. The van der Waals surface area contributed by atoms with Gasteiger partial charge < -0.3 is 0 Å². The summed E-state index contributed by atoms with van der Waals surface area (Å²) in [6.45, 7) is 3.42. The average Bonchev–Trinajstić information content (AvgIpc) is 2.59. The Morgan fingerprint density at radius 3 is 2.21 bits per heavy atom. The summed E-state index contributed by atoms with van der Waals surface area (Å²) in [6, 6.07) is 20.7. The van der Waals surface area contributed by atoms with E-state index < -0.39 is 0 Å². The van der Waals surface area contributed by atoms with Crippen LogP contribution in [0, 0.1) is 5.41 Å². The monoisotopic (exact) mass is 341 g/mol. The van der Waals surface area contributed by atoms with E-state index in [1.165, 1.54) is 11.1 Å². The normalized spacial score (nSPS) is 24.7. The SMILES string of the molecule is CC(=O)C1(Cc2ccccc2)CCN(Cc2ccccc2)C(Cl)C1. The molecule has 1 fully saturated rings. The van der Waals surface area contributed by atoms with E-state index in [9.17, 15) is 4.79 Å². The quantitative estimate of drug-likeness (QED) is 0.582. The van der Waals surface area contributed by atoms with Crippen molar-refractivity contribution in [3.05, 3.63) is 71.8 Å². The number of benzene rings is 2. The summed E-state index contributed by atoms with van der Waals surface area (Å²) >= 11 is 6.70. The van der Waals surface area contributed by atoms with Gasteiger partial charge in [0.05, 0.1) is 5.50 Å². The molecule has 0 amide bonds. The number of carbonyl (C=O) groups excluding carboxylic acids is 1. The highest BCUT2D eigenvalue weighted by atomic mass is 35.5. The van der Waals surface area contributed by atoms with E-state index >= 15 is 0 Å². The molecular weight excluding hydrogens is 318 g/mol. The second kappa shape index (κ2) is 7.50. The second-order valence-corrected chi connectivity index (χ2v) is 7.35. The Labute approximate surface area is 149 Å². The molecule has 126 valence electrons. The van der Waals surface area contributed by atoms with Gasteiger partial charge in [0.2, 0.25) is 0 Å². The van der Waals surface area contributed by atoms with Gasteiger partial charge in [-0.05, 0) is 37.3 Å². The van der Waals surface area contributed by atoms with Crippen molar-refractivity contribution >= 4 is 17.4 Å². The number of Topliss-reactive ketones (excluding diaryl/α,β-unsaturated/α-hetero) is 1. The smallest absolute Gasteiger partial charge is 0.136 e. The molecule has 0 saturated carbocycles.